The summed E-state index contributed by atoms with van der Waals surface area (Å²) in [6.45, 7) is 0. The van der Waals surface area contributed by atoms with Crippen LogP contribution in [-0.4, -0.2) is 4.98 Å². The van der Waals surface area contributed by atoms with Crippen LogP contribution in [0.15, 0.2) is 30.5 Å². The first-order chi connectivity index (χ1) is 8.61. The Labute approximate surface area is 114 Å². The number of anilines is 1. The third-order valence-electron chi connectivity index (χ3n) is 2.14. The van der Waals surface area contributed by atoms with E-state index in [9.17, 15) is 0 Å². The summed E-state index contributed by atoms with van der Waals surface area (Å²) in [5, 5.41) is 9.33. The van der Waals surface area contributed by atoms with Crippen molar-refractivity contribution in [3.63, 3.8) is 0 Å². The van der Waals surface area contributed by atoms with E-state index in [0.717, 1.165) is 0 Å². The summed E-state index contributed by atoms with van der Waals surface area (Å²) in [5.74, 6) is 0.498. The van der Waals surface area contributed by atoms with Gasteiger partial charge in [-0.15, -0.1) is 0 Å². The van der Waals surface area contributed by atoms with Gasteiger partial charge in [-0.2, -0.15) is 5.26 Å². The van der Waals surface area contributed by atoms with Gasteiger partial charge < -0.3 is 10.5 Å². The van der Waals surface area contributed by atoms with Crippen LogP contribution in [0.5, 0.6) is 11.6 Å². The first-order valence-electron chi connectivity index (χ1n) is 4.89. The summed E-state index contributed by atoms with van der Waals surface area (Å²) in [4.78, 5) is 3.95. The van der Waals surface area contributed by atoms with Gasteiger partial charge in [0.1, 0.15) is 16.8 Å². The fourth-order valence-electron chi connectivity index (χ4n) is 1.29. The molecule has 2 aromatic rings. The van der Waals surface area contributed by atoms with E-state index in [1.807, 2.05) is 6.07 Å². The molecule has 0 amide bonds. The van der Waals surface area contributed by atoms with Crippen LogP contribution in [0.25, 0.3) is 0 Å². The molecule has 0 aliphatic heterocycles. The molecule has 4 nitrogen and oxygen atoms in total. The van der Waals surface area contributed by atoms with Gasteiger partial charge >= 0.3 is 0 Å². The van der Waals surface area contributed by atoms with Crippen LogP contribution in [0, 0.1) is 11.3 Å². The van der Waals surface area contributed by atoms with Crippen molar-refractivity contribution in [2.45, 2.75) is 0 Å². The molecular formula is C12H7Cl2N3O. The number of aromatic nitrogens is 1. The van der Waals surface area contributed by atoms with Crippen molar-refractivity contribution < 1.29 is 4.74 Å². The zero-order valence-electron chi connectivity index (χ0n) is 9.02. The molecule has 90 valence electrons. The number of benzene rings is 1. The van der Waals surface area contributed by atoms with E-state index in [-0.39, 0.29) is 16.5 Å². The van der Waals surface area contributed by atoms with Gasteiger partial charge in [0.15, 0.2) is 0 Å². The number of hydrogen-bond donors (Lipinski definition) is 1. The van der Waals surface area contributed by atoms with Gasteiger partial charge in [0.2, 0.25) is 5.88 Å². The second kappa shape index (κ2) is 5.13. The predicted octanol–water partition coefficient (Wildman–Crippen LogP) is 3.63. The SMILES string of the molecule is N#Cc1ccnc(Oc2ccc(N)cc2Cl)c1Cl. The fourth-order valence-corrected chi connectivity index (χ4v) is 1.71. The molecule has 2 N–H and O–H groups in total. The highest BCUT2D eigenvalue weighted by atomic mass is 35.5. The van der Waals surface area contributed by atoms with E-state index in [1.54, 1.807) is 18.2 Å². The van der Waals surface area contributed by atoms with Crippen LogP contribution in [0.3, 0.4) is 0 Å². The Morgan fingerprint density at radius 2 is 2.06 bits per heavy atom. The lowest BCUT2D eigenvalue weighted by atomic mass is 10.3. The van der Waals surface area contributed by atoms with Gasteiger partial charge in [-0.25, -0.2) is 4.98 Å². The van der Waals surface area contributed by atoms with Crippen molar-refractivity contribution in [2.75, 3.05) is 5.73 Å². The molecule has 0 aliphatic rings. The van der Waals surface area contributed by atoms with Crippen molar-refractivity contribution in [3.8, 4) is 17.7 Å². The van der Waals surface area contributed by atoms with Gasteiger partial charge in [0.25, 0.3) is 0 Å². The van der Waals surface area contributed by atoms with Gasteiger partial charge in [-0.1, -0.05) is 23.2 Å². The molecule has 0 spiro atoms. The maximum absolute atomic E-state index is 8.84. The molecule has 2 rings (SSSR count). The largest absolute Gasteiger partial charge is 0.436 e. The summed E-state index contributed by atoms with van der Waals surface area (Å²) >= 11 is 11.9. The molecule has 0 atom stereocenters. The molecule has 0 aliphatic carbocycles. The van der Waals surface area contributed by atoms with Crippen LogP contribution in [0.1, 0.15) is 5.56 Å². The van der Waals surface area contributed by atoms with E-state index in [4.69, 9.17) is 38.9 Å². The molecule has 0 radical (unpaired) electrons. The van der Waals surface area contributed by atoms with Crippen LogP contribution in [0.4, 0.5) is 5.69 Å². The first kappa shape index (κ1) is 12.5. The monoisotopic (exact) mass is 279 g/mol. The molecular weight excluding hydrogens is 273 g/mol. The third kappa shape index (κ3) is 2.48. The number of nitrogen functional groups attached to an aromatic ring is 1. The second-order valence-electron chi connectivity index (χ2n) is 3.38. The summed E-state index contributed by atoms with van der Waals surface area (Å²) in [5.41, 5.74) is 6.38. The van der Waals surface area contributed by atoms with Gasteiger partial charge in [0, 0.05) is 11.9 Å². The topological polar surface area (TPSA) is 71.9 Å². The van der Waals surface area contributed by atoms with Crippen molar-refractivity contribution in [1.82, 2.24) is 4.98 Å². The van der Waals surface area contributed by atoms with Crippen molar-refractivity contribution in [2.24, 2.45) is 0 Å². The van der Waals surface area contributed by atoms with E-state index in [1.165, 1.54) is 12.3 Å². The average Bonchev–Trinajstić information content (AvgIpc) is 2.35. The normalized spacial score (nSPS) is 9.83. The van der Waals surface area contributed by atoms with Crippen LogP contribution < -0.4 is 10.5 Å². The number of nitriles is 1. The predicted molar refractivity (Wildman–Crippen MR) is 69.9 cm³/mol. The Morgan fingerprint density at radius 3 is 2.72 bits per heavy atom. The van der Waals surface area contributed by atoms with Crippen molar-refractivity contribution in [1.29, 1.82) is 5.26 Å². The zero-order valence-corrected chi connectivity index (χ0v) is 10.5. The lowest BCUT2D eigenvalue weighted by Crippen LogP contribution is -1.92. The lowest BCUT2D eigenvalue weighted by molar-refractivity contribution is 0.463. The molecule has 18 heavy (non-hydrogen) atoms. The number of rotatable bonds is 2. The molecule has 1 aromatic heterocycles. The van der Waals surface area contributed by atoms with Gasteiger partial charge in [-0.05, 0) is 24.3 Å². The molecule has 0 bridgehead atoms. The smallest absolute Gasteiger partial charge is 0.239 e. The quantitative estimate of drug-likeness (QED) is 0.852. The van der Waals surface area contributed by atoms with Crippen LogP contribution >= 0.6 is 23.2 Å². The number of pyridine rings is 1. The Kier molecular flexibility index (Phi) is 3.56. The summed E-state index contributed by atoms with van der Waals surface area (Å²) in [6.07, 6.45) is 1.44. The minimum Gasteiger partial charge on any atom is -0.436 e. The highest BCUT2D eigenvalue weighted by Crippen LogP contribution is 2.34. The average molecular weight is 280 g/mol. The maximum Gasteiger partial charge on any atom is 0.239 e. The first-order valence-corrected chi connectivity index (χ1v) is 5.65. The minimum absolute atomic E-state index is 0.127. The minimum atomic E-state index is 0.127. The molecule has 1 aromatic carbocycles. The molecule has 6 heteroatoms. The van der Waals surface area contributed by atoms with E-state index in [2.05, 4.69) is 4.98 Å². The van der Waals surface area contributed by atoms with E-state index < -0.39 is 0 Å². The molecule has 1 heterocycles. The molecule has 0 saturated heterocycles. The zero-order chi connectivity index (χ0) is 13.1. The third-order valence-corrected chi connectivity index (χ3v) is 2.80. The number of ether oxygens (including phenoxy) is 1. The molecule has 0 saturated carbocycles. The Balaban J connectivity index is 2.38. The fraction of sp³-hybridized carbons (Fsp3) is 0. The van der Waals surface area contributed by atoms with Crippen molar-refractivity contribution in [3.05, 3.63) is 46.1 Å². The van der Waals surface area contributed by atoms with Crippen molar-refractivity contribution >= 4 is 28.9 Å². The second-order valence-corrected chi connectivity index (χ2v) is 4.17. The van der Waals surface area contributed by atoms with Crippen LogP contribution in [0.2, 0.25) is 10.0 Å². The summed E-state index contributed by atoms with van der Waals surface area (Å²) in [7, 11) is 0. The molecule has 0 fully saturated rings. The number of hydrogen-bond acceptors (Lipinski definition) is 4. The summed E-state index contributed by atoms with van der Waals surface area (Å²) in [6, 6.07) is 8.24. The van der Waals surface area contributed by atoms with Crippen LogP contribution in [-0.2, 0) is 0 Å². The highest BCUT2D eigenvalue weighted by molar-refractivity contribution is 6.33. The van der Waals surface area contributed by atoms with Gasteiger partial charge in [0.05, 0.1) is 10.6 Å². The number of halogens is 2. The van der Waals surface area contributed by atoms with E-state index >= 15 is 0 Å². The number of nitrogens with zero attached hydrogens (tertiary/aromatic N) is 2. The maximum atomic E-state index is 8.84. The molecule has 0 unspecified atom stereocenters. The van der Waals surface area contributed by atoms with Gasteiger partial charge in [-0.3, -0.25) is 0 Å². The Morgan fingerprint density at radius 1 is 1.28 bits per heavy atom. The Hall–Kier alpha value is -1.96. The standard InChI is InChI=1S/C12H7Cl2N3O/c13-9-5-8(16)1-2-10(9)18-12-11(14)7(6-15)3-4-17-12/h1-5H,16H2. The van der Waals surface area contributed by atoms with E-state index in [0.29, 0.717) is 16.5 Å². The Bertz CT molecular complexity index is 638. The highest BCUT2D eigenvalue weighted by Gasteiger charge is 2.11. The summed E-state index contributed by atoms with van der Waals surface area (Å²) < 4.78 is 5.46. The lowest BCUT2D eigenvalue weighted by Gasteiger charge is -2.08. The number of nitrogens with two attached hydrogens (primary N) is 1.